The highest BCUT2D eigenvalue weighted by molar-refractivity contribution is 5.48. The fourth-order valence-electron chi connectivity index (χ4n) is 4.32. The Kier molecular flexibility index (Phi) is 3.46. The zero-order valence-corrected chi connectivity index (χ0v) is 13.6. The molecule has 3 heterocycles. The number of hydrogen-bond acceptors (Lipinski definition) is 5. The van der Waals surface area contributed by atoms with E-state index in [4.69, 9.17) is 5.73 Å². The maximum absolute atomic E-state index is 13.6. The lowest BCUT2D eigenvalue weighted by molar-refractivity contribution is -0.00343. The summed E-state index contributed by atoms with van der Waals surface area (Å²) in [6.45, 7) is 1.90. The van der Waals surface area contributed by atoms with Gasteiger partial charge < -0.3 is 15.7 Å². The fraction of sp³-hybridized carbons (Fsp3) is 0.444. The van der Waals surface area contributed by atoms with Crippen LogP contribution < -0.4 is 10.6 Å². The summed E-state index contributed by atoms with van der Waals surface area (Å²) in [5.74, 6) is 0.791. The number of aryl methyl sites for hydroxylation is 1. The molecule has 0 saturated carbocycles. The maximum atomic E-state index is 13.6. The fourth-order valence-corrected chi connectivity index (χ4v) is 4.32. The summed E-state index contributed by atoms with van der Waals surface area (Å²) >= 11 is 0. The molecule has 4 rings (SSSR count). The summed E-state index contributed by atoms with van der Waals surface area (Å²) in [5.41, 5.74) is 6.31. The van der Waals surface area contributed by atoms with Gasteiger partial charge in [-0.05, 0) is 37.5 Å². The topological polar surface area (TPSA) is 75.3 Å². The van der Waals surface area contributed by atoms with Crippen LogP contribution in [-0.4, -0.2) is 27.2 Å². The Labute approximate surface area is 140 Å². The predicted molar refractivity (Wildman–Crippen MR) is 90.0 cm³/mol. The number of anilines is 2. The smallest absolute Gasteiger partial charge is 0.222 e. The molecule has 1 aromatic heterocycles. The van der Waals surface area contributed by atoms with Crippen molar-refractivity contribution in [2.24, 2.45) is 0 Å². The summed E-state index contributed by atoms with van der Waals surface area (Å²) < 4.78 is 13.6. The number of aromatic nitrogens is 2. The van der Waals surface area contributed by atoms with Gasteiger partial charge in [0, 0.05) is 36.7 Å². The van der Waals surface area contributed by atoms with E-state index in [1.165, 1.54) is 12.1 Å². The van der Waals surface area contributed by atoms with Gasteiger partial charge in [0.25, 0.3) is 0 Å². The molecular weight excluding hydrogens is 307 g/mol. The van der Waals surface area contributed by atoms with Gasteiger partial charge in [-0.15, -0.1) is 0 Å². The Balaban J connectivity index is 1.66. The van der Waals surface area contributed by atoms with Crippen LogP contribution in [0.3, 0.4) is 0 Å². The minimum atomic E-state index is -0.988. The SMILES string of the molecule is Cc1cc(N2C3CCC2CC(O)(c2cccc(F)c2)C3)nc(N)n1. The van der Waals surface area contributed by atoms with Gasteiger partial charge in [0.1, 0.15) is 11.6 Å². The lowest BCUT2D eigenvalue weighted by Crippen LogP contribution is -2.50. The second-order valence-corrected chi connectivity index (χ2v) is 6.97. The van der Waals surface area contributed by atoms with Gasteiger partial charge in [-0.2, -0.15) is 4.98 Å². The van der Waals surface area contributed by atoms with E-state index in [0.717, 1.165) is 24.4 Å². The highest BCUT2D eigenvalue weighted by Gasteiger charge is 2.48. The lowest BCUT2D eigenvalue weighted by atomic mass is 9.80. The van der Waals surface area contributed by atoms with Gasteiger partial charge >= 0.3 is 0 Å². The molecule has 24 heavy (non-hydrogen) atoms. The van der Waals surface area contributed by atoms with Gasteiger partial charge in [0.05, 0.1) is 5.60 Å². The number of piperidine rings is 1. The standard InChI is InChI=1S/C18H21FN4O/c1-11-7-16(22-17(20)21-11)23-14-5-6-15(23)10-18(24,9-14)12-3-2-4-13(19)8-12/h2-4,7-8,14-15,24H,5-6,9-10H2,1H3,(H2,20,21,22). The molecule has 2 aliphatic rings. The van der Waals surface area contributed by atoms with Crippen LogP contribution in [0.25, 0.3) is 0 Å². The number of nitrogen functional groups attached to an aromatic ring is 1. The molecule has 0 aliphatic carbocycles. The van der Waals surface area contributed by atoms with Crippen molar-refractivity contribution in [2.75, 3.05) is 10.6 Å². The number of aliphatic hydroxyl groups is 1. The third kappa shape index (κ3) is 2.51. The quantitative estimate of drug-likeness (QED) is 0.886. The molecule has 2 bridgehead atoms. The van der Waals surface area contributed by atoms with E-state index in [1.54, 1.807) is 6.07 Å². The minimum Gasteiger partial charge on any atom is -0.385 e. The van der Waals surface area contributed by atoms with Crippen molar-refractivity contribution in [3.8, 4) is 0 Å². The molecule has 5 nitrogen and oxygen atoms in total. The first kappa shape index (κ1) is 15.3. The van der Waals surface area contributed by atoms with Crippen LogP contribution >= 0.6 is 0 Å². The molecule has 2 fully saturated rings. The number of fused-ring (bicyclic) bond motifs is 2. The van der Waals surface area contributed by atoms with E-state index < -0.39 is 5.60 Å². The zero-order chi connectivity index (χ0) is 16.9. The van der Waals surface area contributed by atoms with Crippen molar-refractivity contribution < 1.29 is 9.50 Å². The van der Waals surface area contributed by atoms with E-state index in [-0.39, 0.29) is 23.8 Å². The second-order valence-electron chi connectivity index (χ2n) is 6.97. The van der Waals surface area contributed by atoms with Crippen molar-refractivity contribution in [3.05, 3.63) is 47.4 Å². The molecule has 2 unspecified atom stereocenters. The third-order valence-corrected chi connectivity index (χ3v) is 5.25. The van der Waals surface area contributed by atoms with Crippen LogP contribution in [0.5, 0.6) is 0 Å². The van der Waals surface area contributed by atoms with Gasteiger partial charge in [-0.3, -0.25) is 0 Å². The highest BCUT2D eigenvalue weighted by atomic mass is 19.1. The Morgan fingerprint density at radius 2 is 1.92 bits per heavy atom. The molecule has 6 heteroatoms. The summed E-state index contributed by atoms with van der Waals surface area (Å²) in [4.78, 5) is 10.8. The van der Waals surface area contributed by atoms with Crippen LogP contribution in [0.1, 0.15) is 36.9 Å². The van der Waals surface area contributed by atoms with Crippen molar-refractivity contribution in [1.29, 1.82) is 0 Å². The first-order chi connectivity index (χ1) is 11.4. The first-order valence-corrected chi connectivity index (χ1v) is 8.32. The normalized spacial score (nSPS) is 29.0. The van der Waals surface area contributed by atoms with E-state index >= 15 is 0 Å². The molecule has 2 aliphatic heterocycles. The number of hydrogen-bond donors (Lipinski definition) is 2. The Morgan fingerprint density at radius 3 is 2.54 bits per heavy atom. The molecule has 2 aromatic rings. The van der Waals surface area contributed by atoms with Crippen molar-refractivity contribution in [3.63, 3.8) is 0 Å². The molecule has 2 atom stereocenters. The van der Waals surface area contributed by atoms with Gasteiger partial charge in [-0.1, -0.05) is 12.1 Å². The maximum Gasteiger partial charge on any atom is 0.222 e. The average molecular weight is 328 g/mol. The summed E-state index contributed by atoms with van der Waals surface area (Å²) in [6.07, 6.45) is 3.11. The molecule has 3 N–H and O–H groups in total. The predicted octanol–water partition coefficient (Wildman–Crippen LogP) is 2.53. The summed E-state index contributed by atoms with van der Waals surface area (Å²) in [7, 11) is 0. The van der Waals surface area contributed by atoms with Gasteiger partial charge in [0.15, 0.2) is 0 Å². The molecule has 0 amide bonds. The van der Waals surface area contributed by atoms with Crippen LogP contribution in [0.2, 0.25) is 0 Å². The lowest BCUT2D eigenvalue weighted by Gasteiger charge is -2.44. The van der Waals surface area contributed by atoms with Gasteiger partial charge in [0.2, 0.25) is 5.95 Å². The van der Waals surface area contributed by atoms with Crippen molar-refractivity contribution >= 4 is 11.8 Å². The minimum absolute atomic E-state index is 0.172. The monoisotopic (exact) mass is 328 g/mol. The zero-order valence-electron chi connectivity index (χ0n) is 13.6. The molecule has 0 spiro atoms. The number of nitrogens with two attached hydrogens (primary N) is 1. The second kappa shape index (κ2) is 5.41. The highest BCUT2D eigenvalue weighted by Crippen LogP contribution is 2.47. The van der Waals surface area contributed by atoms with E-state index in [2.05, 4.69) is 14.9 Å². The number of rotatable bonds is 2. The molecule has 2 saturated heterocycles. The van der Waals surface area contributed by atoms with E-state index in [1.807, 2.05) is 19.1 Å². The molecule has 1 aromatic carbocycles. The van der Waals surface area contributed by atoms with Crippen molar-refractivity contribution in [1.82, 2.24) is 9.97 Å². The number of halogens is 1. The molecule has 126 valence electrons. The average Bonchev–Trinajstić information content (AvgIpc) is 2.79. The Hall–Kier alpha value is -2.21. The van der Waals surface area contributed by atoms with E-state index in [0.29, 0.717) is 18.4 Å². The third-order valence-electron chi connectivity index (χ3n) is 5.25. The summed E-state index contributed by atoms with van der Waals surface area (Å²) in [6, 6.07) is 8.60. The van der Waals surface area contributed by atoms with Crippen LogP contribution in [0, 0.1) is 12.7 Å². The Morgan fingerprint density at radius 1 is 1.21 bits per heavy atom. The summed E-state index contributed by atoms with van der Waals surface area (Å²) in [5, 5.41) is 11.2. The van der Waals surface area contributed by atoms with Crippen molar-refractivity contribution in [2.45, 2.75) is 50.3 Å². The largest absolute Gasteiger partial charge is 0.385 e. The molecule has 0 radical (unpaired) electrons. The molecular formula is C18H21FN4O. The van der Waals surface area contributed by atoms with E-state index in [9.17, 15) is 9.50 Å². The first-order valence-electron chi connectivity index (χ1n) is 8.32. The van der Waals surface area contributed by atoms with Crippen LogP contribution in [0.15, 0.2) is 30.3 Å². The van der Waals surface area contributed by atoms with Gasteiger partial charge in [-0.25, -0.2) is 9.37 Å². The van der Waals surface area contributed by atoms with Crippen LogP contribution in [-0.2, 0) is 5.60 Å². The van der Waals surface area contributed by atoms with Crippen LogP contribution in [0.4, 0.5) is 16.2 Å². The Bertz CT molecular complexity index is 747. The number of nitrogens with zero attached hydrogens (tertiary/aromatic N) is 3. The number of benzene rings is 1.